The summed E-state index contributed by atoms with van der Waals surface area (Å²) >= 11 is 0. The fourth-order valence-corrected chi connectivity index (χ4v) is 2.56. The van der Waals surface area contributed by atoms with Gasteiger partial charge >= 0.3 is 0 Å². The second kappa shape index (κ2) is 4.75. The van der Waals surface area contributed by atoms with E-state index in [-0.39, 0.29) is 6.61 Å². The van der Waals surface area contributed by atoms with Crippen molar-refractivity contribution in [3.63, 3.8) is 0 Å². The molecule has 3 rings (SSSR count). The van der Waals surface area contributed by atoms with E-state index in [2.05, 4.69) is 14.9 Å². The van der Waals surface area contributed by atoms with Crippen molar-refractivity contribution in [2.24, 2.45) is 5.73 Å². The molecule has 0 saturated carbocycles. The average molecular weight is 258 g/mol. The third-order valence-electron chi connectivity index (χ3n) is 3.90. The molecule has 5 heteroatoms. The Bertz CT molecular complexity index is 573. The number of anilines is 1. The molecule has 0 radical (unpaired) electrons. The number of aromatic nitrogens is 2. The molecule has 0 atom stereocenters. The average Bonchev–Trinajstić information content (AvgIpc) is 2.48. The van der Waals surface area contributed by atoms with Crippen LogP contribution in [0.15, 0.2) is 30.6 Å². The van der Waals surface area contributed by atoms with E-state index in [4.69, 9.17) is 5.73 Å². The third kappa shape index (κ3) is 2.27. The number of piperidine rings is 1. The normalized spacial score (nSPS) is 18.7. The minimum Gasteiger partial charge on any atom is -0.394 e. The van der Waals surface area contributed by atoms with Crippen LogP contribution in [0.5, 0.6) is 0 Å². The smallest absolute Gasteiger partial charge is 0.139 e. The van der Waals surface area contributed by atoms with E-state index in [9.17, 15) is 5.11 Å². The maximum absolute atomic E-state index is 9.31. The van der Waals surface area contributed by atoms with Crippen molar-refractivity contribution in [1.82, 2.24) is 9.97 Å². The van der Waals surface area contributed by atoms with Gasteiger partial charge in [-0.05, 0) is 25.0 Å². The first-order valence-corrected chi connectivity index (χ1v) is 6.56. The van der Waals surface area contributed by atoms with E-state index < -0.39 is 5.54 Å². The molecule has 5 nitrogen and oxygen atoms in total. The summed E-state index contributed by atoms with van der Waals surface area (Å²) in [6.45, 7) is 1.68. The summed E-state index contributed by atoms with van der Waals surface area (Å²) in [4.78, 5) is 10.9. The van der Waals surface area contributed by atoms with Gasteiger partial charge in [0, 0.05) is 24.0 Å². The predicted molar refractivity (Wildman–Crippen MR) is 75.0 cm³/mol. The molecule has 100 valence electrons. The fraction of sp³-hybridized carbons (Fsp3) is 0.429. The first-order valence-electron chi connectivity index (χ1n) is 6.56. The van der Waals surface area contributed by atoms with Crippen LogP contribution in [-0.2, 0) is 0 Å². The number of nitrogens with zero attached hydrogens (tertiary/aromatic N) is 3. The number of aliphatic hydroxyl groups excluding tert-OH is 1. The van der Waals surface area contributed by atoms with Crippen molar-refractivity contribution in [3.05, 3.63) is 30.6 Å². The monoisotopic (exact) mass is 258 g/mol. The molecule has 1 aromatic heterocycles. The SMILES string of the molecule is NC1(CO)CCN(c2ncnc3ccccc23)CC1. The molecule has 0 spiro atoms. The van der Waals surface area contributed by atoms with Crippen LogP contribution in [0.2, 0.25) is 0 Å². The minimum absolute atomic E-state index is 0.0470. The second-order valence-electron chi connectivity index (χ2n) is 5.22. The Morgan fingerprint density at radius 1 is 1.21 bits per heavy atom. The summed E-state index contributed by atoms with van der Waals surface area (Å²) < 4.78 is 0. The number of hydrogen-bond acceptors (Lipinski definition) is 5. The molecule has 0 aliphatic carbocycles. The van der Waals surface area contributed by atoms with Gasteiger partial charge < -0.3 is 15.7 Å². The van der Waals surface area contributed by atoms with Gasteiger partial charge in [0.1, 0.15) is 12.1 Å². The molecule has 0 amide bonds. The minimum atomic E-state index is -0.431. The number of hydrogen-bond donors (Lipinski definition) is 2. The molecular formula is C14H18N4O. The molecule has 2 heterocycles. The number of aliphatic hydroxyl groups is 1. The highest BCUT2D eigenvalue weighted by Gasteiger charge is 2.30. The van der Waals surface area contributed by atoms with E-state index in [1.54, 1.807) is 6.33 Å². The second-order valence-corrected chi connectivity index (χ2v) is 5.22. The highest BCUT2D eigenvalue weighted by Crippen LogP contribution is 2.27. The van der Waals surface area contributed by atoms with Crippen molar-refractivity contribution >= 4 is 16.7 Å². The van der Waals surface area contributed by atoms with Crippen molar-refractivity contribution in [2.75, 3.05) is 24.6 Å². The predicted octanol–water partition coefficient (Wildman–Crippen LogP) is 0.920. The number of para-hydroxylation sites is 1. The summed E-state index contributed by atoms with van der Waals surface area (Å²) in [6.07, 6.45) is 3.16. The van der Waals surface area contributed by atoms with Gasteiger partial charge in [0.2, 0.25) is 0 Å². The lowest BCUT2D eigenvalue weighted by Gasteiger charge is -2.38. The van der Waals surface area contributed by atoms with Crippen molar-refractivity contribution in [3.8, 4) is 0 Å². The highest BCUT2D eigenvalue weighted by molar-refractivity contribution is 5.89. The number of benzene rings is 1. The molecular weight excluding hydrogens is 240 g/mol. The van der Waals surface area contributed by atoms with Crippen LogP contribution in [0.4, 0.5) is 5.82 Å². The topological polar surface area (TPSA) is 75.3 Å². The van der Waals surface area contributed by atoms with E-state index in [1.165, 1.54) is 0 Å². The van der Waals surface area contributed by atoms with Gasteiger partial charge in [-0.15, -0.1) is 0 Å². The number of nitrogens with two attached hydrogens (primary N) is 1. The summed E-state index contributed by atoms with van der Waals surface area (Å²) in [5, 5.41) is 10.4. The summed E-state index contributed by atoms with van der Waals surface area (Å²) in [5.41, 5.74) is 6.63. The zero-order chi connectivity index (χ0) is 13.3. The van der Waals surface area contributed by atoms with Gasteiger partial charge in [0.15, 0.2) is 0 Å². The van der Waals surface area contributed by atoms with Crippen LogP contribution in [-0.4, -0.2) is 40.3 Å². The van der Waals surface area contributed by atoms with Crippen molar-refractivity contribution in [2.45, 2.75) is 18.4 Å². The Kier molecular flexibility index (Phi) is 3.08. The summed E-state index contributed by atoms with van der Waals surface area (Å²) in [6, 6.07) is 8.01. The molecule has 1 aliphatic heterocycles. The molecule has 1 saturated heterocycles. The Morgan fingerprint density at radius 2 is 1.95 bits per heavy atom. The van der Waals surface area contributed by atoms with E-state index in [1.807, 2.05) is 24.3 Å². The van der Waals surface area contributed by atoms with Crippen LogP contribution < -0.4 is 10.6 Å². The lowest BCUT2D eigenvalue weighted by molar-refractivity contribution is 0.170. The Morgan fingerprint density at radius 3 is 2.68 bits per heavy atom. The Balaban J connectivity index is 1.90. The molecule has 1 aromatic carbocycles. The summed E-state index contributed by atoms with van der Waals surface area (Å²) in [7, 11) is 0. The Hall–Kier alpha value is -1.72. The maximum atomic E-state index is 9.31. The molecule has 0 unspecified atom stereocenters. The van der Waals surface area contributed by atoms with E-state index in [0.717, 1.165) is 42.7 Å². The summed E-state index contributed by atoms with van der Waals surface area (Å²) in [5.74, 6) is 0.964. The molecule has 1 fully saturated rings. The van der Waals surface area contributed by atoms with Crippen LogP contribution in [0.25, 0.3) is 10.9 Å². The molecule has 19 heavy (non-hydrogen) atoms. The lowest BCUT2D eigenvalue weighted by atomic mass is 9.89. The van der Waals surface area contributed by atoms with Gasteiger partial charge in [-0.2, -0.15) is 0 Å². The van der Waals surface area contributed by atoms with Crippen LogP contribution in [0.3, 0.4) is 0 Å². The lowest BCUT2D eigenvalue weighted by Crippen LogP contribution is -2.53. The highest BCUT2D eigenvalue weighted by atomic mass is 16.3. The van der Waals surface area contributed by atoms with Gasteiger partial charge in [-0.25, -0.2) is 9.97 Å². The first kappa shape index (κ1) is 12.3. The van der Waals surface area contributed by atoms with Crippen LogP contribution in [0, 0.1) is 0 Å². The quantitative estimate of drug-likeness (QED) is 0.837. The van der Waals surface area contributed by atoms with Gasteiger partial charge in [0.05, 0.1) is 12.1 Å². The third-order valence-corrected chi connectivity index (χ3v) is 3.90. The largest absolute Gasteiger partial charge is 0.394 e. The standard InChI is InChI=1S/C14H18N4O/c15-14(9-19)5-7-18(8-6-14)13-11-3-1-2-4-12(11)16-10-17-13/h1-4,10,19H,5-9,15H2. The zero-order valence-electron chi connectivity index (χ0n) is 10.8. The molecule has 3 N–H and O–H groups in total. The molecule has 1 aliphatic rings. The molecule has 2 aromatic rings. The molecule has 0 bridgehead atoms. The van der Waals surface area contributed by atoms with E-state index >= 15 is 0 Å². The van der Waals surface area contributed by atoms with Crippen molar-refractivity contribution in [1.29, 1.82) is 0 Å². The van der Waals surface area contributed by atoms with Crippen LogP contribution >= 0.6 is 0 Å². The maximum Gasteiger partial charge on any atom is 0.139 e. The van der Waals surface area contributed by atoms with Crippen LogP contribution in [0.1, 0.15) is 12.8 Å². The van der Waals surface area contributed by atoms with Crippen molar-refractivity contribution < 1.29 is 5.11 Å². The fourth-order valence-electron chi connectivity index (χ4n) is 2.56. The first-order chi connectivity index (χ1) is 9.22. The van der Waals surface area contributed by atoms with Gasteiger partial charge in [0.25, 0.3) is 0 Å². The van der Waals surface area contributed by atoms with Gasteiger partial charge in [-0.3, -0.25) is 0 Å². The number of fused-ring (bicyclic) bond motifs is 1. The zero-order valence-corrected chi connectivity index (χ0v) is 10.8. The number of rotatable bonds is 2. The van der Waals surface area contributed by atoms with E-state index in [0.29, 0.717) is 0 Å². The van der Waals surface area contributed by atoms with Gasteiger partial charge in [-0.1, -0.05) is 12.1 Å². The Labute approximate surface area is 112 Å².